The van der Waals surface area contributed by atoms with Gasteiger partial charge in [0.25, 0.3) is 0 Å². The fraction of sp³-hybridized carbons (Fsp3) is 0.308. The van der Waals surface area contributed by atoms with E-state index < -0.39 is 0 Å². The number of thiazole rings is 1. The van der Waals surface area contributed by atoms with Crippen LogP contribution >= 0.6 is 11.3 Å². The second-order valence-corrected chi connectivity index (χ2v) is 5.02. The lowest BCUT2D eigenvalue weighted by molar-refractivity contribution is 0.281. The molecule has 0 fully saturated rings. The van der Waals surface area contributed by atoms with Crippen LogP contribution in [0.25, 0.3) is 11.3 Å². The van der Waals surface area contributed by atoms with Crippen molar-refractivity contribution in [2.75, 3.05) is 14.2 Å². The van der Waals surface area contributed by atoms with Crippen molar-refractivity contribution in [2.24, 2.45) is 0 Å². The second kappa shape index (κ2) is 5.37. The maximum Gasteiger partial charge on any atom is 0.131 e. The molecule has 0 radical (unpaired) electrons. The SMILES string of the molecule is COc1ccc(-c2nc(CO)sc2C)c(OC)c1. The normalized spacial score (nSPS) is 10.4. The van der Waals surface area contributed by atoms with Crippen LogP contribution in [0.5, 0.6) is 11.5 Å². The molecule has 4 nitrogen and oxygen atoms in total. The van der Waals surface area contributed by atoms with Crippen molar-refractivity contribution in [2.45, 2.75) is 13.5 Å². The Balaban J connectivity index is 2.52. The largest absolute Gasteiger partial charge is 0.497 e. The third-order valence-electron chi connectivity index (χ3n) is 2.64. The van der Waals surface area contributed by atoms with Crippen LogP contribution in [0.2, 0.25) is 0 Å². The van der Waals surface area contributed by atoms with E-state index in [4.69, 9.17) is 14.6 Å². The van der Waals surface area contributed by atoms with E-state index in [2.05, 4.69) is 4.98 Å². The predicted octanol–water partition coefficient (Wildman–Crippen LogP) is 2.63. The van der Waals surface area contributed by atoms with E-state index in [0.29, 0.717) is 10.8 Å². The van der Waals surface area contributed by atoms with E-state index in [1.807, 2.05) is 25.1 Å². The Morgan fingerprint density at radius 3 is 2.61 bits per heavy atom. The predicted molar refractivity (Wildman–Crippen MR) is 71.3 cm³/mol. The number of aliphatic hydroxyl groups is 1. The molecule has 0 amide bonds. The number of hydrogen-bond donors (Lipinski definition) is 1. The standard InChI is InChI=1S/C13H15NO3S/c1-8-13(14-12(7-15)18-8)10-5-4-9(16-2)6-11(10)17-3/h4-6,15H,7H2,1-3H3. The molecule has 0 aliphatic carbocycles. The van der Waals surface area contributed by atoms with Gasteiger partial charge in [-0.3, -0.25) is 0 Å². The molecule has 0 bridgehead atoms. The molecule has 0 saturated carbocycles. The summed E-state index contributed by atoms with van der Waals surface area (Å²) in [6.45, 7) is 1.94. The molecule has 0 spiro atoms. The summed E-state index contributed by atoms with van der Waals surface area (Å²) in [6.07, 6.45) is 0. The van der Waals surface area contributed by atoms with Gasteiger partial charge in [-0.05, 0) is 19.1 Å². The summed E-state index contributed by atoms with van der Waals surface area (Å²) >= 11 is 1.49. The van der Waals surface area contributed by atoms with Crippen LogP contribution in [0.3, 0.4) is 0 Å². The van der Waals surface area contributed by atoms with Gasteiger partial charge in [-0.25, -0.2) is 4.98 Å². The number of rotatable bonds is 4. The van der Waals surface area contributed by atoms with E-state index in [0.717, 1.165) is 21.9 Å². The van der Waals surface area contributed by atoms with Gasteiger partial charge in [0.1, 0.15) is 16.5 Å². The molecule has 0 aliphatic heterocycles. The lowest BCUT2D eigenvalue weighted by atomic mass is 10.1. The van der Waals surface area contributed by atoms with Gasteiger partial charge in [0.2, 0.25) is 0 Å². The van der Waals surface area contributed by atoms with Crippen LogP contribution in [0.4, 0.5) is 0 Å². The first-order valence-electron chi connectivity index (χ1n) is 5.49. The number of nitrogens with zero attached hydrogens (tertiary/aromatic N) is 1. The van der Waals surface area contributed by atoms with Crippen molar-refractivity contribution in [3.8, 4) is 22.8 Å². The highest BCUT2D eigenvalue weighted by Crippen LogP contribution is 2.36. The molecule has 0 saturated heterocycles. The molecule has 96 valence electrons. The Morgan fingerprint density at radius 1 is 1.28 bits per heavy atom. The number of hydrogen-bond acceptors (Lipinski definition) is 5. The van der Waals surface area contributed by atoms with E-state index in [1.54, 1.807) is 14.2 Å². The highest BCUT2D eigenvalue weighted by molar-refractivity contribution is 7.12. The van der Waals surface area contributed by atoms with E-state index in [9.17, 15) is 0 Å². The molecule has 0 atom stereocenters. The number of methoxy groups -OCH3 is 2. The molecule has 1 aromatic heterocycles. The zero-order chi connectivity index (χ0) is 13.1. The Bertz CT molecular complexity index is 551. The average molecular weight is 265 g/mol. The minimum atomic E-state index is -0.0377. The quantitative estimate of drug-likeness (QED) is 0.923. The number of benzene rings is 1. The fourth-order valence-corrected chi connectivity index (χ4v) is 2.57. The summed E-state index contributed by atoms with van der Waals surface area (Å²) in [5.41, 5.74) is 1.76. The van der Waals surface area contributed by atoms with Crippen molar-refractivity contribution in [3.05, 3.63) is 28.1 Å². The highest BCUT2D eigenvalue weighted by atomic mass is 32.1. The summed E-state index contributed by atoms with van der Waals surface area (Å²) in [4.78, 5) is 5.47. The summed E-state index contributed by atoms with van der Waals surface area (Å²) in [5, 5.41) is 9.84. The van der Waals surface area contributed by atoms with Crippen molar-refractivity contribution >= 4 is 11.3 Å². The minimum Gasteiger partial charge on any atom is -0.497 e. The molecule has 1 aromatic carbocycles. The first-order chi connectivity index (χ1) is 8.69. The molecule has 0 unspecified atom stereocenters. The van der Waals surface area contributed by atoms with Gasteiger partial charge in [0.15, 0.2) is 0 Å². The van der Waals surface area contributed by atoms with Crippen LogP contribution in [-0.2, 0) is 6.61 Å². The Hall–Kier alpha value is -1.59. The molecule has 2 rings (SSSR count). The Morgan fingerprint density at radius 2 is 2.06 bits per heavy atom. The van der Waals surface area contributed by atoms with Crippen molar-refractivity contribution in [1.29, 1.82) is 0 Å². The van der Waals surface area contributed by atoms with Gasteiger partial charge in [0, 0.05) is 16.5 Å². The van der Waals surface area contributed by atoms with Crippen LogP contribution in [0, 0.1) is 6.92 Å². The first-order valence-corrected chi connectivity index (χ1v) is 6.30. The first kappa shape index (κ1) is 12.9. The molecule has 2 aromatic rings. The maximum atomic E-state index is 9.13. The number of aliphatic hydroxyl groups excluding tert-OH is 1. The van der Waals surface area contributed by atoms with E-state index >= 15 is 0 Å². The van der Waals surface area contributed by atoms with Crippen molar-refractivity contribution in [1.82, 2.24) is 4.98 Å². The Kier molecular flexibility index (Phi) is 3.84. The molecular formula is C13H15NO3S. The topological polar surface area (TPSA) is 51.6 Å². The molecule has 1 heterocycles. The third-order valence-corrected chi connectivity index (χ3v) is 3.60. The summed E-state index contributed by atoms with van der Waals surface area (Å²) in [6, 6.07) is 5.61. The average Bonchev–Trinajstić information content (AvgIpc) is 2.79. The van der Waals surface area contributed by atoms with Gasteiger partial charge < -0.3 is 14.6 Å². The monoisotopic (exact) mass is 265 g/mol. The lowest BCUT2D eigenvalue weighted by Gasteiger charge is -2.09. The molecule has 18 heavy (non-hydrogen) atoms. The second-order valence-electron chi connectivity index (χ2n) is 3.74. The summed E-state index contributed by atoms with van der Waals surface area (Å²) in [5.74, 6) is 1.46. The zero-order valence-corrected chi connectivity index (χ0v) is 11.4. The van der Waals surface area contributed by atoms with Gasteiger partial charge in [-0.1, -0.05) is 0 Å². The third kappa shape index (κ3) is 2.32. The molecule has 0 aliphatic rings. The highest BCUT2D eigenvalue weighted by Gasteiger charge is 2.14. The number of aromatic nitrogens is 1. The van der Waals surface area contributed by atoms with Crippen LogP contribution in [0.15, 0.2) is 18.2 Å². The van der Waals surface area contributed by atoms with E-state index in [1.165, 1.54) is 11.3 Å². The van der Waals surface area contributed by atoms with Crippen molar-refractivity contribution < 1.29 is 14.6 Å². The van der Waals surface area contributed by atoms with E-state index in [-0.39, 0.29) is 6.61 Å². The summed E-state index contributed by atoms with van der Waals surface area (Å²) < 4.78 is 10.5. The lowest BCUT2D eigenvalue weighted by Crippen LogP contribution is -1.92. The molecule has 5 heteroatoms. The van der Waals surface area contributed by atoms with Crippen molar-refractivity contribution in [3.63, 3.8) is 0 Å². The van der Waals surface area contributed by atoms with Crippen LogP contribution in [0.1, 0.15) is 9.88 Å². The number of aryl methyl sites for hydroxylation is 1. The zero-order valence-electron chi connectivity index (χ0n) is 10.6. The van der Waals surface area contributed by atoms with Gasteiger partial charge in [-0.2, -0.15) is 0 Å². The van der Waals surface area contributed by atoms with Gasteiger partial charge in [-0.15, -0.1) is 11.3 Å². The smallest absolute Gasteiger partial charge is 0.131 e. The minimum absolute atomic E-state index is 0.0377. The Labute approximate surface area is 110 Å². The van der Waals surface area contributed by atoms with Gasteiger partial charge in [0.05, 0.1) is 26.5 Å². The van der Waals surface area contributed by atoms with Gasteiger partial charge >= 0.3 is 0 Å². The maximum absolute atomic E-state index is 9.13. The van der Waals surface area contributed by atoms with Crippen LogP contribution in [-0.4, -0.2) is 24.3 Å². The van der Waals surface area contributed by atoms with Crippen LogP contribution < -0.4 is 9.47 Å². The summed E-state index contributed by atoms with van der Waals surface area (Å²) in [7, 11) is 3.24. The number of ether oxygens (including phenoxy) is 2. The molecule has 1 N–H and O–H groups in total. The fourth-order valence-electron chi connectivity index (χ4n) is 1.76. The molecular weight excluding hydrogens is 250 g/mol.